The van der Waals surface area contributed by atoms with Crippen LogP contribution in [0.4, 0.5) is 0 Å². The van der Waals surface area contributed by atoms with E-state index in [4.69, 9.17) is 42.1 Å². The van der Waals surface area contributed by atoms with Gasteiger partial charge in [-0.3, -0.25) is 4.18 Å². The highest BCUT2D eigenvalue weighted by Gasteiger charge is 2.07. The normalized spacial score (nSPS) is 11.8. The van der Waals surface area contributed by atoms with Crippen LogP contribution < -0.4 is 4.74 Å². The molecule has 12 nitrogen and oxygen atoms in total. The standard InChI is InChI=1S/C25H44O12S/c1-29-7-8-30-9-10-31-11-12-32-13-14-33-15-16-34-17-18-35-19-20-36-25-4-3-23(21-24(25)22-26)5-6-37-38(2,27)28/h3-4,21,26H,5-20,22H2,1-2H3. The highest BCUT2D eigenvalue weighted by molar-refractivity contribution is 7.85. The van der Waals surface area contributed by atoms with Gasteiger partial charge in [0.15, 0.2) is 0 Å². The molecule has 0 fully saturated rings. The summed E-state index contributed by atoms with van der Waals surface area (Å²) in [7, 11) is -1.84. The fourth-order valence-corrected chi connectivity index (χ4v) is 3.30. The Morgan fingerprint density at radius 1 is 0.658 bits per heavy atom. The Morgan fingerprint density at radius 3 is 1.53 bits per heavy atom. The van der Waals surface area contributed by atoms with Crippen LogP contribution in [-0.4, -0.2) is 126 Å². The molecule has 0 aromatic heterocycles. The second-order valence-corrected chi connectivity index (χ2v) is 9.54. The van der Waals surface area contributed by atoms with Crippen LogP contribution in [0.2, 0.25) is 0 Å². The predicted octanol–water partition coefficient (Wildman–Crippen LogP) is 0.822. The van der Waals surface area contributed by atoms with Gasteiger partial charge in [-0.1, -0.05) is 6.07 Å². The lowest BCUT2D eigenvalue weighted by Crippen LogP contribution is -2.15. The zero-order valence-electron chi connectivity index (χ0n) is 22.6. The molecule has 0 saturated carbocycles. The fourth-order valence-electron chi connectivity index (χ4n) is 2.92. The first-order valence-electron chi connectivity index (χ1n) is 12.6. The van der Waals surface area contributed by atoms with E-state index in [1.807, 2.05) is 0 Å². The summed E-state index contributed by atoms with van der Waals surface area (Å²) in [6.45, 7) is 6.59. The van der Waals surface area contributed by atoms with Crippen LogP contribution in [0.15, 0.2) is 18.2 Å². The van der Waals surface area contributed by atoms with Gasteiger partial charge >= 0.3 is 0 Å². The summed E-state index contributed by atoms with van der Waals surface area (Å²) in [6, 6.07) is 5.31. The lowest BCUT2D eigenvalue weighted by atomic mass is 10.1. The van der Waals surface area contributed by atoms with Crippen molar-refractivity contribution in [3.8, 4) is 5.75 Å². The summed E-state index contributed by atoms with van der Waals surface area (Å²) >= 11 is 0. The van der Waals surface area contributed by atoms with Gasteiger partial charge in [0.1, 0.15) is 12.4 Å². The van der Waals surface area contributed by atoms with Crippen LogP contribution >= 0.6 is 0 Å². The molecule has 1 rings (SSSR count). The highest BCUT2D eigenvalue weighted by Crippen LogP contribution is 2.21. The number of methoxy groups -OCH3 is 1. The summed E-state index contributed by atoms with van der Waals surface area (Å²) < 4.78 is 69.8. The van der Waals surface area contributed by atoms with Crippen molar-refractivity contribution in [2.75, 3.05) is 112 Å². The van der Waals surface area contributed by atoms with E-state index in [9.17, 15) is 13.5 Å². The number of hydrogen-bond acceptors (Lipinski definition) is 12. The summed E-state index contributed by atoms with van der Waals surface area (Å²) in [5.41, 5.74) is 1.46. The number of benzene rings is 1. The molecule has 0 aliphatic rings. The van der Waals surface area contributed by atoms with E-state index in [0.717, 1.165) is 11.8 Å². The van der Waals surface area contributed by atoms with Gasteiger partial charge in [0, 0.05) is 12.7 Å². The maximum Gasteiger partial charge on any atom is 0.264 e. The molecule has 0 spiro atoms. The average molecular weight is 569 g/mol. The van der Waals surface area contributed by atoms with Crippen molar-refractivity contribution in [3.63, 3.8) is 0 Å². The second kappa shape index (κ2) is 23.5. The van der Waals surface area contributed by atoms with Crippen molar-refractivity contribution in [3.05, 3.63) is 29.3 Å². The maximum absolute atomic E-state index is 11.0. The van der Waals surface area contributed by atoms with E-state index in [1.165, 1.54) is 0 Å². The molecule has 0 saturated heterocycles. The zero-order valence-corrected chi connectivity index (χ0v) is 23.4. The minimum absolute atomic E-state index is 0.0454. The quantitative estimate of drug-likeness (QED) is 0.119. The Kier molecular flexibility index (Phi) is 21.4. The molecule has 0 atom stereocenters. The van der Waals surface area contributed by atoms with E-state index < -0.39 is 10.1 Å². The van der Waals surface area contributed by atoms with Crippen LogP contribution in [0, 0.1) is 0 Å². The fraction of sp³-hybridized carbons (Fsp3) is 0.760. The van der Waals surface area contributed by atoms with E-state index in [0.29, 0.717) is 110 Å². The molecule has 13 heteroatoms. The summed E-state index contributed by atoms with van der Waals surface area (Å²) in [4.78, 5) is 0. The van der Waals surface area contributed by atoms with Crippen molar-refractivity contribution in [2.24, 2.45) is 0 Å². The van der Waals surface area contributed by atoms with Crippen molar-refractivity contribution < 1.29 is 55.6 Å². The molecular formula is C25H44O12S. The minimum Gasteiger partial charge on any atom is -0.491 e. The van der Waals surface area contributed by atoms with Crippen LogP contribution in [0.3, 0.4) is 0 Å². The molecule has 0 aliphatic carbocycles. The van der Waals surface area contributed by atoms with Gasteiger partial charge in [-0.15, -0.1) is 0 Å². The summed E-state index contributed by atoms with van der Waals surface area (Å²) in [5, 5.41) is 9.59. The first kappa shape index (κ1) is 34.6. The summed E-state index contributed by atoms with van der Waals surface area (Å²) in [6.07, 6.45) is 1.42. The third-order valence-corrected chi connectivity index (χ3v) is 5.36. The first-order valence-corrected chi connectivity index (χ1v) is 14.4. The molecule has 222 valence electrons. The largest absolute Gasteiger partial charge is 0.491 e. The minimum atomic E-state index is -3.47. The van der Waals surface area contributed by atoms with Crippen LogP contribution in [-0.2, 0) is 60.5 Å². The number of aliphatic hydroxyl groups excluding tert-OH is 1. The third kappa shape index (κ3) is 20.6. The molecule has 1 aromatic rings. The van der Waals surface area contributed by atoms with Gasteiger partial charge in [0.25, 0.3) is 10.1 Å². The van der Waals surface area contributed by atoms with E-state index in [1.54, 1.807) is 25.3 Å². The molecule has 0 bridgehead atoms. The van der Waals surface area contributed by atoms with Gasteiger partial charge in [0.05, 0.1) is 105 Å². The van der Waals surface area contributed by atoms with Gasteiger partial charge in [-0.05, 0) is 24.1 Å². The Balaban J connectivity index is 1.91. The van der Waals surface area contributed by atoms with Gasteiger partial charge in [0.2, 0.25) is 0 Å². The predicted molar refractivity (Wildman–Crippen MR) is 139 cm³/mol. The smallest absolute Gasteiger partial charge is 0.264 e. The van der Waals surface area contributed by atoms with Crippen molar-refractivity contribution >= 4 is 10.1 Å². The lowest BCUT2D eigenvalue weighted by Gasteiger charge is -2.12. The third-order valence-electron chi connectivity index (χ3n) is 4.76. The number of rotatable bonds is 27. The molecule has 0 unspecified atom stereocenters. The Morgan fingerprint density at radius 2 is 1.11 bits per heavy atom. The van der Waals surface area contributed by atoms with Crippen LogP contribution in [0.25, 0.3) is 0 Å². The Hall–Kier alpha value is -1.39. The molecule has 38 heavy (non-hydrogen) atoms. The average Bonchev–Trinajstić information content (AvgIpc) is 2.89. The molecule has 1 aromatic carbocycles. The van der Waals surface area contributed by atoms with Crippen molar-refractivity contribution in [2.45, 2.75) is 13.0 Å². The second-order valence-electron chi connectivity index (χ2n) is 7.89. The SMILES string of the molecule is COCCOCCOCCOCCOCCOCCOCCOc1ccc(CCOS(C)(=O)=O)cc1CO. The summed E-state index contributed by atoms with van der Waals surface area (Å²) in [5.74, 6) is 0.553. The van der Waals surface area contributed by atoms with Crippen molar-refractivity contribution in [1.82, 2.24) is 0 Å². The Bertz CT molecular complexity index is 791. The number of ether oxygens (including phenoxy) is 8. The number of aliphatic hydroxyl groups is 1. The number of hydrogen-bond donors (Lipinski definition) is 1. The van der Waals surface area contributed by atoms with Gasteiger partial charge in [-0.2, -0.15) is 8.42 Å². The molecule has 0 amide bonds. The van der Waals surface area contributed by atoms with Crippen molar-refractivity contribution in [1.29, 1.82) is 0 Å². The molecule has 1 N–H and O–H groups in total. The molecule has 0 radical (unpaired) electrons. The monoisotopic (exact) mass is 568 g/mol. The molecule has 0 heterocycles. The van der Waals surface area contributed by atoms with E-state index in [2.05, 4.69) is 0 Å². The zero-order chi connectivity index (χ0) is 27.7. The highest BCUT2D eigenvalue weighted by atomic mass is 32.2. The van der Waals surface area contributed by atoms with E-state index in [-0.39, 0.29) is 13.2 Å². The Labute approximate surface area is 226 Å². The van der Waals surface area contributed by atoms with Gasteiger partial charge in [-0.25, -0.2) is 0 Å². The van der Waals surface area contributed by atoms with Crippen LogP contribution in [0.1, 0.15) is 11.1 Å². The van der Waals surface area contributed by atoms with E-state index >= 15 is 0 Å². The topological polar surface area (TPSA) is 137 Å². The lowest BCUT2D eigenvalue weighted by molar-refractivity contribution is -0.0199. The van der Waals surface area contributed by atoms with Crippen LogP contribution in [0.5, 0.6) is 5.75 Å². The molecular weight excluding hydrogens is 524 g/mol. The van der Waals surface area contributed by atoms with Gasteiger partial charge < -0.3 is 43.0 Å². The maximum atomic E-state index is 11.0. The molecule has 0 aliphatic heterocycles. The first-order chi connectivity index (χ1) is 18.5.